The van der Waals surface area contributed by atoms with Crippen molar-refractivity contribution >= 4 is 27.8 Å². The Morgan fingerprint density at radius 1 is 1.53 bits per heavy atom. The Morgan fingerprint density at radius 2 is 2.12 bits per heavy atom. The number of hydrogen-bond acceptors (Lipinski definition) is 2. The number of nitrogens with one attached hydrogen (secondary N) is 1. The molecule has 5 heteroatoms. The number of carboxylic acids is 1. The highest BCUT2D eigenvalue weighted by Gasteiger charge is 2.50. The lowest BCUT2D eigenvalue weighted by molar-refractivity contribution is -0.135. The first-order chi connectivity index (χ1) is 7.88. The maximum Gasteiger partial charge on any atom is 0.352 e. The summed E-state index contributed by atoms with van der Waals surface area (Å²) >= 11 is 3.27. The van der Waals surface area contributed by atoms with Crippen molar-refractivity contribution in [1.82, 2.24) is 5.32 Å². The average molecular weight is 304 g/mol. The second kappa shape index (κ2) is 5.67. The number of carbonyl (C=O) groups excluding carboxylic acids is 1. The summed E-state index contributed by atoms with van der Waals surface area (Å²) in [6.45, 7) is 4.01. The zero-order chi connectivity index (χ0) is 13.1. The van der Waals surface area contributed by atoms with E-state index >= 15 is 0 Å². The van der Waals surface area contributed by atoms with Crippen LogP contribution in [0.3, 0.4) is 0 Å². The van der Waals surface area contributed by atoms with Crippen molar-refractivity contribution in [2.24, 2.45) is 11.3 Å². The van der Waals surface area contributed by atoms with Gasteiger partial charge < -0.3 is 10.4 Å². The third-order valence-electron chi connectivity index (χ3n) is 3.00. The van der Waals surface area contributed by atoms with E-state index in [1.165, 1.54) is 0 Å². The molecule has 0 aliphatic heterocycles. The van der Waals surface area contributed by atoms with E-state index in [0.29, 0.717) is 6.42 Å². The molecule has 1 amide bonds. The third kappa shape index (κ3) is 4.15. The smallest absolute Gasteiger partial charge is 0.352 e. The molecule has 1 rings (SSSR count). The summed E-state index contributed by atoms with van der Waals surface area (Å²) in [5, 5.41) is 12.3. The quantitative estimate of drug-likeness (QED) is 0.449. The van der Waals surface area contributed by atoms with Crippen molar-refractivity contribution in [3.63, 3.8) is 0 Å². The highest BCUT2D eigenvalue weighted by molar-refractivity contribution is 9.09. The molecule has 0 bridgehead atoms. The lowest BCUT2D eigenvalue weighted by Gasteiger charge is -2.07. The number of allylic oxidation sites excluding steroid dienone is 1. The molecule has 0 aromatic carbocycles. The van der Waals surface area contributed by atoms with Crippen LogP contribution in [0.2, 0.25) is 0 Å². The van der Waals surface area contributed by atoms with Crippen molar-refractivity contribution < 1.29 is 14.7 Å². The molecule has 0 aromatic rings. The predicted molar refractivity (Wildman–Crippen MR) is 68.8 cm³/mol. The van der Waals surface area contributed by atoms with Gasteiger partial charge in [-0.1, -0.05) is 35.9 Å². The van der Waals surface area contributed by atoms with Crippen LogP contribution in [0.25, 0.3) is 0 Å². The zero-order valence-corrected chi connectivity index (χ0v) is 11.7. The van der Waals surface area contributed by atoms with Gasteiger partial charge >= 0.3 is 5.97 Å². The summed E-state index contributed by atoms with van der Waals surface area (Å²) in [7, 11) is 0. The molecule has 0 saturated heterocycles. The lowest BCUT2D eigenvalue weighted by atomic mass is 10.1. The van der Waals surface area contributed by atoms with E-state index in [1.54, 1.807) is 6.08 Å². The van der Waals surface area contributed by atoms with E-state index in [2.05, 4.69) is 21.2 Å². The minimum absolute atomic E-state index is 0.00125. The number of carbonyl (C=O) groups is 2. The summed E-state index contributed by atoms with van der Waals surface area (Å²) in [4.78, 5) is 22.7. The van der Waals surface area contributed by atoms with Gasteiger partial charge in [0.05, 0.1) is 0 Å². The van der Waals surface area contributed by atoms with Crippen LogP contribution in [0, 0.1) is 11.3 Å². The number of aliphatic carboxylic acids is 1. The maximum atomic E-state index is 11.7. The Hall–Kier alpha value is -0.840. The summed E-state index contributed by atoms with van der Waals surface area (Å²) in [5.74, 6) is -1.31. The van der Waals surface area contributed by atoms with Crippen LogP contribution in [-0.2, 0) is 9.59 Å². The highest BCUT2D eigenvalue weighted by atomic mass is 79.9. The van der Waals surface area contributed by atoms with E-state index < -0.39 is 5.97 Å². The fourth-order valence-corrected chi connectivity index (χ4v) is 1.97. The summed E-state index contributed by atoms with van der Waals surface area (Å²) in [6.07, 6.45) is 3.88. The first kappa shape index (κ1) is 14.2. The number of amides is 1. The lowest BCUT2D eigenvalue weighted by Crippen LogP contribution is -2.29. The molecule has 2 N–H and O–H groups in total. The number of alkyl halides is 1. The Morgan fingerprint density at radius 3 is 2.53 bits per heavy atom. The molecule has 1 atom stereocenters. The molecule has 1 aliphatic carbocycles. The van der Waals surface area contributed by atoms with Gasteiger partial charge in [0.1, 0.15) is 5.70 Å². The molecular formula is C12H18BrNO3. The van der Waals surface area contributed by atoms with Gasteiger partial charge in [-0.3, -0.25) is 4.79 Å². The standard InChI is InChI=1S/C12H18BrNO3/c1-12(2)7-8(12)10(15)14-9(11(16)17)5-3-4-6-13/h5,8H,3-4,6-7H2,1-2H3,(H,14,15)(H,16,17)/b9-5-. The highest BCUT2D eigenvalue weighted by Crippen LogP contribution is 2.51. The number of unbranched alkanes of at least 4 members (excludes halogenated alkanes) is 1. The number of carboxylic acid groups (broad SMARTS) is 1. The summed E-state index contributed by atoms with van der Waals surface area (Å²) in [6, 6.07) is 0. The molecule has 1 unspecified atom stereocenters. The fraction of sp³-hybridized carbons (Fsp3) is 0.667. The first-order valence-electron chi connectivity index (χ1n) is 5.69. The van der Waals surface area contributed by atoms with Gasteiger partial charge in [0.25, 0.3) is 0 Å². The van der Waals surface area contributed by atoms with Crippen LogP contribution in [0.1, 0.15) is 33.1 Å². The van der Waals surface area contributed by atoms with Crippen LogP contribution in [-0.4, -0.2) is 22.3 Å². The monoisotopic (exact) mass is 303 g/mol. The molecule has 17 heavy (non-hydrogen) atoms. The van der Waals surface area contributed by atoms with Crippen LogP contribution in [0.5, 0.6) is 0 Å². The minimum atomic E-state index is -1.08. The van der Waals surface area contributed by atoms with Crippen LogP contribution >= 0.6 is 15.9 Å². The SMILES string of the molecule is CC1(C)CC1C(=O)N/C(=C\CCCBr)C(=O)O. The van der Waals surface area contributed by atoms with Gasteiger partial charge in [-0.25, -0.2) is 4.79 Å². The fourth-order valence-electron chi connectivity index (χ4n) is 1.65. The first-order valence-corrected chi connectivity index (χ1v) is 6.81. The average Bonchev–Trinajstić information content (AvgIpc) is 2.86. The second-order valence-corrected chi connectivity index (χ2v) is 5.78. The van der Waals surface area contributed by atoms with Crippen molar-refractivity contribution in [1.29, 1.82) is 0 Å². The number of halogens is 1. The Balaban J connectivity index is 2.53. The van der Waals surface area contributed by atoms with E-state index in [-0.39, 0.29) is 22.9 Å². The van der Waals surface area contributed by atoms with Crippen molar-refractivity contribution in [3.8, 4) is 0 Å². The molecule has 0 radical (unpaired) electrons. The van der Waals surface area contributed by atoms with E-state index in [0.717, 1.165) is 18.2 Å². The zero-order valence-electron chi connectivity index (χ0n) is 10.1. The topological polar surface area (TPSA) is 66.4 Å². The molecular weight excluding hydrogens is 286 g/mol. The molecule has 0 spiro atoms. The molecule has 0 heterocycles. The van der Waals surface area contributed by atoms with E-state index in [9.17, 15) is 9.59 Å². The van der Waals surface area contributed by atoms with Gasteiger partial charge in [0.2, 0.25) is 5.91 Å². The Bertz CT molecular complexity index is 350. The third-order valence-corrected chi connectivity index (χ3v) is 3.57. The molecule has 0 aromatic heterocycles. The second-order valence-electron chi connectivity index (χ2n) is 4.99. The van der Waals surface area contributed by atoms with Crippen LogP contribution in [0.15, 0.2) is 11.8 Å². The predicted octanol–water partition coefficient (Wildman–Crippen LogP) is 2.29. The van der Waals surface area contributed by atoms with Crippen molar-refractivity contribution in [2.45, 2.75) is 33.1 Å². The molecule has 1 fully saturated rings. The molecule has 1 aliphatic rings. The largest absolute Gasteiger partial charge is 0.477 e. The summed E-state index contributed by atoms with van der Waals surface area (Å²) in [5.41, 5.74) is 0.0162. The Kier molecular flexibility index (Phi) is 4.74. The van der Waals surface area contributed by atoms with E-state index in [4.69, 9.17) is 5.11 Å². The molecule has 96 valence electrons. The van der Waals surface area contributed by atoms with Gasteiger partial charge in [-0.05, 0) is 24.7 Å². The minimum Gasteiger partial charge on any atom is -0.477 e. The van der Waals surface area contributed by atoms with Crippen molar-refractivity contribution in [2.75, 3.05) is 5.33 Å². The van der Waals surface area contributed by atoms with Gasteiger partial charge in [-0.15, -0.1) is 0 Å². The summed E-state index contributed by atoms with van der Waals surface area (Å²) < 4.78 is 0. The molecule has 4 nitrogen and oxygen atoms in total. The van der Waals surface area contributed by atoms with Crippen LogP contribution < -0.4 is 5.32 Å². The number of rotatable bonds is 6. The van der Waals surface area contributed by atoms with Gasteiger partial charge in [0.15, 0.2) is 0 Å². The van der Waals surface area contributed by atoms with Gasteiger partial charge in [0, 0.05) is 11.2 Å². The number of hydrogen-bond donors (Lipinski definition) is 2. The van der Waals surface area contributed by atoms with Crippen LogP contribution in [0.4, 0.5) is 0 Å². The van der Waals surface area contributed by atoms with Crippen molar-refractivity contribution in [3.05, 3.63) is 11.8 Å². The van der Waals surface area contributed by atoms with Gasteiger partial charge in [-0.2, -0.15) is 0 Å². The molecule has 1 saturated carbocycles. The Labute approximate surface area is 110 Å². The van der Waals surface area contributed by atoms with E-state index in [1.807, 2.05) is 13.8 Å². The maximum absolute atomic E-state index is 11.7. The normalized spacial score (nSPS) is 22.1.